The van der Waals surface area contributed by atoms with Crippen molar-refractivity contribution in [3.8, 4) is 6.07 Å². The Balaban J connectivity index is 0.00000169. The average Bonchev–Trinajstić information content (AvgIpc) is 2.09. The highest BCUT2D eigenvalue weighted by atomic mass is 35.5. The summed E-state index contributed by atoms with van der Waals surface area (Å²) in [5.74, 6) is -1.13. The van der Waals surface area contributed by atoms with E-state index in [0.29, 0.717) is 0 Å². The molecule has 0 aromatic heterocycles. The minimum Gasteiger partial charge on any atom is -0.323 e. The molecule has 0 aliphatic carbocycles. The lowest BCUT2D eigenvalue weighted by atomic mass is 10.0. The van der Waals surface area contributed by atoms with Gasteiger partial charge in [0.1, 0.15) is 11.6 Å². The summed E-state index contributed by atoms with van der Waals surface area (Å²) in [6, 6.07) is 4.06. The van der Waals surface area contributed by atoms with Crippen LogP contribution < -0.4 is 5.73 Å². The first-order valence-electron chi connectivity index (χ1n) is 3.72. The van der Waals surface area contributed by atoms with E-state index in [1.165, 1.54) is 0 Å². The maximum absolute atomic E-state index is 13.0. The predicted octanol–water partition coefficient (Wildman–Crippen LogP) is 2.30. The smallest absolute Gasteiger partial charge is 0.128 e. The fourth-order valence-electron chi connectivity index (χ4n) is 1.01. The van der Waals surface area contributed by atoms with Gasteiger partial charge in [-0.1, -0.05) is 0 Å². The predicted molar refractivity (Wildman–Crippen MR) is 50.8 cm³/mol. The molecular formula is C9H9ClF2N2. The van der Waals surface area contributed by atoms with Crippen molar-refractivity contribution in [2.45, 2.75) is 12.5 Å². The molecule has 0 aliphatic heterocycles. The molecule has 0 saturated carbocycles. The number of benzene rings is 1. The number of nitriles is 1. The van der Waals surface area contributed by atoms with Gasteiger partial charge in [-0.25, -0.2) is 8.78 Å². The maximum atomic E-state index is 13.0. The van der Waals surface area contributed by atoms with Crippen LogP contribution in [0.1, 0.15) is 18.0 Å². The van der Waals surface area contributed by atoms with Gasteiger partial charge in [-0.2, -0.15) is 5.26 Å². The van der Waals surface area contributed by atoms with Gasteiger partial charge < -0.3 is 5.73 Å². The Kier molecular flexibility index (Phi) is 5.06. The highest BCUT2D eigenvalue weighted by Gasteiger charge is 2.11. The molecule has 2 N–H and O–H groups in total. The Morgan fingerprint density at radius 1 is 1.43 bits per heavy atom. The van der Waals surface area contributed by atoms with Gasteiger partial charge in [-0.15, -0.1) is 12.4 Å². The van der Waals surface area contributed by atoms with Crippen molar-refractivity contribution < 1.29 is 8.78 Å². The van der Waals surface area contributed by atoms with Crippen LogP contribution in [0.4, 0.5) is 8.78 Å². The molecule has 14 heavy (non-hydrogen) atoms. The highest BCUT2D eigenvalue weighted by Crippen LogP contribution is 2.18. The summed E-state index contributed by atoms with van der Waals surface area (Å²) in [4.78, 5) is 0. The molecule has 1 aromatic rings. The molecular weight excluding hydrogens is 210 g/mol. The Hall–Kier alpha value is -1.18. The van der Waals surface area contributed by atoms with Crippen molar-refractivity contribution in [3.05, 3.63) is 35.4 Å². The van der Waals surface area contributed by atoms with Crippen LogP contribution in [0.2, 0.25) is 0 Å². The minimum atomic E-state index is -0.763. The van der Waals surface area contributed by atoms with Crippen molar-refractivity contribution in [2.24, 2.45) is 5.73 Å². The maximum Gasteiger partial charge on any atom is 0.128 e. The van der Waals surface area contributed by atoms with E-state index in [1.807, 2.05) is 0 Å². The number of hydrogen-bond acceptors (Lipinski definition) is 2. The number of nitrogens with zero attached hydrogens (tertiary/aromatic N) is 1. The van der Waals surface area contributed by atoms with Crippen LogP contribution in [0, 0.1) is 23.0 Å². The molecule has 0 saturated heterocycles. The Labute approximate surface area is 86.7 Å². The van der Waals surface area contributed by atoms with Crippen molar-refractivity contribution in [2.75, 3.05) is 0 Å². The van der Waals surface area contributed by atoms with Crippen LogP contribution >= 0.6 is 12.4 Å². The topological polar surface area (TPSA) is 49.8 Å². The largest absolute Gasteiger partial charge is 0.323 e. The number of hydrogen-bond donors (Lipinski definition) is 1. The second-order valence-corrected chi connectivity index (χ2v) is 2.63. The van der Waals surface area contributed by atoms with Gasteiger partial charge in [0, 0.05) is 11.6 Å². The first kappa shape index (κ1) is 12.8. The second-order valence-electron chi connectivity index (χ2n) is 2.63. The van der Waals surface area contributed by atoms with Gasteiger partial charge >= 0.3 is 0 Å². The van der Waals surface area contributed by atoms with E-state index in [1.54, 1.807) is 6.07 Å². The molecule has 0 unspecified atom stereocenters. The van der Waals surface area contributed by atoms with Crippen LogP contribution in [0.15, 0.2) is 18.2 Å². The Morgan fingerprint density at radius 3 is 2.64 bits per heavy atom. The Morgan fingerprint density at radius 2 is 2.07 bits per heavy atom. The van der Waals surface area contributed by atoms with Gasteiger partial charge in [0.25, 0.3) is 0 Å². The van der Waals surface area contributed by atoms with Crippen molar-refractivity contribution in [3.63, 3.8) is 0 Å². The monoisotopic (exact) mass is 218 g/mol. The fourth-order valence-corrected chi connectivity index (χ4v) is 1.01. The lowest BCUT2D eigenvalue weighted by molar-refractivity contribution is 0.564. The molecule has 0 heterocycles. The van der Waals surface area contributed by atoms with Gasteiger partial charge in [0.2, 0.25) is 0 Å². The van der Waals surface area contributed by atoms with E-state index < -0.39 is 17.7 Å². The third-order valence-corrected chi connectivity index (χ3v) is 1.67. The van der Waals surface area contributed by atoms with Crippen LogP contribution in [0.3, 0.4) is 0 Å². The van der Waals surface area contributed by atoms with Crippen LogP contribution in [-0.4, -0.2) is 0 Å². The highest BCUT2D eigenvalue weighted by molar-refractivity contribution is 5.85. The fraction of sp³-hybridized carbons (Fsp3) is 0.222. The average molecular weight is 219 g/mol. The van der Waals surface area contributed by atoms with Crippen LogP contribution in [0.25, 0.3) is 0 Å². The van der Waals surface area contributed by atoms with Crippen LogP contribution in [-0.2, 0) is 0 Å². The quantitative estimate of drug-likeness (QED) is 0.828. The third kappa shape index (κ3) is 2.95. The summed E-state index contributed by atoms with van der Waals surface area (Å²) in [5, 5.41) is 8.31. The third-order valence-electron chi connectivity index (χ3n) is 1.67. The molecule has 1 atom stereocenters. The summed E-state index contributed by atoms with van der Waals surface area (Å²) in [5.41, 5.74) is 5.49. The summed E-state index contributed by atoms with van der Waals surface area (Å²) in [7, 11) is 0. The summed E-state index contributed by atoms with van der Waals surface area (Å²) in [6.45, 7) is 0. The standard InChI is InChI=1S/C9H8F2N2.ClH/c10-6-1-2-8(11)7(5-6)9(13)3-4-12;/h1-2,5,9H,3,13H2;1H/t9-;/m0./s1. The lowest BCUT2D eigenvalue weighted by Gasteiger charge is -2.08. The summed E-state index contributed by atoms with van der Waals surface area (Å²) in [6.07, 6.45) is -0.0274. The SMILES string of the molecule is Cl.N#CC[C@H](N)c1cc(F)ccc1F. The zero-order chi connectivity index (χ0) is 9.84. The van der Waals surface area contributed by atoms with E-state index in [-0.39, 0.29) is 24.4 Å². The first-order valence-corrected chi connectivity index (χ1v) is 3.72. The zero-order valence-electron chi connectivity index (χ0n) is 7.21. The number of rotatable bonds is 2. The van der Waals surface area contributed by atoms with Gasteiger partial charge in [-0.05, 0) is 18.2 Å². The molecule has 1 aromatic carbocycles. The molecule has 2 nitrogen and oxygen atoms in total. The van der Waals surface area contributed by atoms with Crippen molar-refractivity contribution in [1.82, 2.24) is 0 Å². The van der Waals surface area contributed by atoms with Crippen LogP contribution in [0.5, 0.6) is 0 Å². The summed E-state index contributed by atoms with van der Waals surface area (Å²) >= 11 is 0. The van der Waals surface area contributed by atoms with Gasteiger partial charge in [0.15, 0.2) is 0 Å². The first-order chi connectivity index (χ1) is 6.15. The van der Waals surface area contributed by atoms with E-state index in [9.17, 15) is 8.78 Å². The van der Waals surface area contributed by atoms with Crippen molar-refractivity contribution in [1.29, 1.82) is 5.26 Å². The second kappa shape index (κ2) is 5.53. The molecule has 5 heteroatoms. The normalized spacial score (nSPS) is 11.3. The molecule has 0 spiro atoms. The van der Waals surface area contributed by atoms with Gasteiger partial charge in [0.05, 0.1) is 12.5 Å². The van der Waals surface area contributed by atoms with E-state index in [2.05, 4.69) is 0 Å². The molecule has 0 radical (unpaired) electrons. The zero-order valence-corrected chi connectivity index (χ0v) is 8.02. The number of nitrogens with two attached hydrogens (primary N) is 1. The summed E-state index contributed by atoms with van der Waals surface area (Å²) < 4.78 is 25.6. The van der Waals surface area contributed by atoms with E-state index in [0.717, 1.165) is 18.2 Å². The molecule has 0 bridgehead atoms. The molecule has 76 valence electrons. The molecule has 0 amide bonds. The van der Waals surface area contributed by atoms with E-state index >= 15 is 0 Å². The molecule has 1 rings (SSSR count). The minimum absolute atomic E-state index is 0. The molecule has 0 fully saturated rings. The van der Waals surface area contributed by atoms with Gasteiger partial charge in [-0.3, -0.25) is 0 Å². The van der Waals surface area contributed by atoms with E-state index in [4.69, 9.17) is 11.0 Å². The number of halogens is 3. The Bertz CT molecular complexity index is 349. The lowest BCUT2D eigenvalue weighted by Crippen LogP contribution is -2.11. The van der Waals surface area contributed by atoms with Crippen molar-refractivity contribution >= 4 is 12.4 Å². The molecule has 0 aliphatic rings.